The van der Waals surface area contributed by atoms with E-state index in [0.717, 1.165) is 5.56 Å². The topological polar surface area (TPSA) is 132 Å². The monoisotopic (exact) mass is 461 g/mol. The van der Waals surface area contributed by atoms with E-state index in [1.165, 1.54) is 17.0 Å². The SMILES string of the molecule is CN1Cc2cc(C#N)ccc2-c2cc(F)c(C[C@@H](C#N)NC(=O)C3(N)CCOCC3)cc2C1=O. The van der Waals surface area contributed by atoms with Crippen LogP contribution in [0.1, 0.15) is 39.9 Å². The Bertz CT molecular complexity index is 1240. The zero-order valence-corrected chi connectivity index (χ0v) is 18.7. The van der Waals surface area contributed by atoms with Crippen molar-refractivity contribution in [1.82, 2.24) is 10.2 Å². The smallest absolute Gasteiger partial charge is 0.254 e. The van der Waals surface area contributed by atoms with Crippen LogP contribution in [0.4, 0.5) is 4.39 Å². The highest BCUT2D eigenvalue weighted by atomic mass is 19.1. The van der Waals surface area contributed by atoms with E-state index in [0.29, 0.717) is 48.3 Å². The molecule has 34 heavy (non-hydrogen) atoms. The molecule has 2 heterocycles. The van der Waals surface area contributed by atoms with Gasteiger partial charge in [0, 0.05) is 38.8 Å². The van der Waals surface area contributed by atoms with Crippen molar-refractivity contribution in [1.29, 1.82) is 10.5 Å². The Balaban J connectivity index is 1.65. The predicted molar refractivity (Wildman–Crippen MR) is 121 cm³/mol. The van der Waals surface area contributed by atoms with E-state index in [4.69, 9.17) is 10.5 Å². The van der Waals surface area contributed by atoms with Crippen LogP contribution in [0.25, 0.3) is 11.1 Å². The average molecular weight is 461 g/mol. The largest absolute Gasteiger partial charge is 0.381 e. The van der Waals surface area contributed by atoms with Crippen LogP contribution in [0.15, 0.2) is 30.3 Å². The number of hydrogen-bond acceptors (Lipinski definition) is 6. The summed E-state index contributed by atoms with van der Waals surface area (Å²) < 4.78 is 20.4. The number of rotatable bonds is 4. The second-order valence-corrected chi connectivity index (χ2v) is 8.76. The third-order valence-electron chi connectivity index (χ3n) is 6.42. The normalized spacial score (nSPS) is 17.4. The van der Waals surface area contributed by atoms with Gasteiger partial charge in [-0.15, -0.1) is 0 Å². The molecule has 2 aliphatic rings. The van der Waals surface area contributed by atoms with E-state index < -0.39 is 23.3 Å². The van der Waals surface area contributed by atoms with Gasteiger partial charge in [-0.1, -0.05) is 6.07 Å². The zero-order valence-electron chi connectivity index (χ0n) is 18.7. The number of halogens is 1. The van der Waals surface area contributed by atoms with E-state index in [1.54, 1.807) is 25.2 Å². The van der Waals surface area contributed by atoms with Crippen molar-refractivity contribution in [2.75, 3.05) is 20.3 Å². The Kier molecular flexibility index (Phi) is 6.34. The molecule has 0 aliphatic carbocycles. The summed E-state index contributed by atoms with van der Waals surface area (Å²) >= 11 is 0. The van der Waals surface area contributed by atoms with Gasteiger partial charge in [-0.2, -0.15) is 10.5 Å². The molecule has 0 spiro atoms. The van der Waals surface area contributed by atoms with Gasteiger partial charge in [-0.05, 0) is 59.4 Å². The maximum Gasteiger partial charge on any atom is 0.254 e. The van der Waals surface area contributed by atoms with Crippen LogP contribution in [-0.2, 0) is 22.5 Å². The fourth-order valence-electron chi connectivity index (χ4n) is 4.38. The summed E-state index contributed by atoms with van der Waals surface area (Å²) in [6.45, 7) is 0.982. The summed E-state index contributed by atoms with van der Waals surface area (Å²) in [5.74, 6) is -1.36. The van der Waals surface area contributed by atoms with Gasteiger partial charge in [0.25, 0.3) is 5.91 Å². The number of nitrogens with one attached hydrogen (secondary N) is 1. The molecule has 1 saturated heterocycles. The lowest BCUT2D eigenvalue weighted by Gasteiger charge is -2.32. The first-order valence-corrected chi connectivity index (χ1v) is 10.9. The van der Waals surface area contributed by atoms with Gasteiger partial charge in [-0.25, -0.2) is 4.39 Å². The summed E-state index contributed by atoms with van der Waals surface area (Å²) in [7, 11) is 1.64. The van der Waals surface area contributed by atoms with E-state index >= 15 is 4.39 Å². The van der Waals surface area contributed by atoms with Gasteiger partial charge in [0.15, 0.2) is 0 Å². The number of carbonyl (C=O) groups excluding carboxylic acids is 2. The number of carbonyl (C=O) groups is 2. The molecule has 0 radical (unpaired) electrons. The maximum absolute atomic E-state index is 15.2. The van der Waals surface area contributed by atoms with Crippen molar-refractivity contribution in [3.63, 3.8) is 0 Å². The molecule has 2 aliphatic heterocycles. The molecule has 174 valence electrons. The molecule has 9 heteroatoms. The van der Waals surface area contributed by atoms with Crippen LogP contribution < -0.4 is 11.1 Å². The van der Waals surface area contributed by atoms with E-state index in [1.807, 2.05) is 6.07 Å². The molecule has 2 aromatic rings. The molecule has 3 N–H and O–H groups in total. The van der Waals surface area contributed by atoms with Gasteiger partial charge in [0.05, 0.1) is 23.2 Å². The lowest BCUT2D eigenvalue weighted by Crippen LogP contribution is -2.58. The zero-order chi connectivity index (χ0) is 24.5. The summed E-state index contributed by atoms with van der Waals surface area (Å²) in [6.07, 6.45) is 0.543. The Labute approximate surface area is 196 Å². The first-order chi connectivity index (χ1) is 16.3. The molecule has 1 fully saturated rings. The molecule has 0 unspecified atom stereocenters. The van der Waals surface area contributed by atoms with Crippen molar-refractivity contribution in [2.45, 2.75) is 37.4 Å². The molecule has 0 bridgehead atoms. The first kappa shape index (κ1) is 23.4. The maximum atomic E-state index is 15.2. The van der Waals surface area contributed by atoms with E-state index in [9.17, 15) is 20.1 Å². The average Bonchev–Trinajstić information content (AvgIpc) is 2.93. The van der Waals surface area contributed by atoms with Crippen molar-refractivity contribution < 1.29 is 18.7 Å². The van der Waals surface area contributed by atoms with Crippen LogP contribution in [0.2, 0.25) is 0 Å². The highest BCUT2D eigenvalue weighted by molar-refractivity contribution is 6.02. The van der Waals surface area contributed by atoms with Gasteiger partial charge in [0.2, 0.25) is 5.91 Å². The van der Waals surface area contributed by atoms with Crippen LogP contribution in [0.3, 0.4) is 0 Å². The summed E-state index contributed by atoms with van der Waals surface area (Å²) in [5.41, 5.74) is 7.79. The fraction of sp³-hybridized carbons (Fsp3) is 0.360. The lowest BCUT2D eigenvalue weighted by molar-refractivity contribution is -0.130. The second-order valence-electron chi connectivity index (χ2n) is 8.76. The van der Waals surface area contributed by atoms with Crippen LogP contribution in [0, 0.1) is 28.5 Å². The Morgan fingerprint density at radius 2 is 1.97 bits per heavy atom. The highest BCUT2D eigenvalue weighted by Crippen LogP contribution is 2.34. The Morgan fingerprint density at radius 1 is 1.24 bits per heavy atom. The number of amides is 2. The lowest BCUT2D eigenvalue weighted by atomic mass is 9.89. The van der Waals surface area contributed by atoms with Gasteiger partial charge >= 0.3 is 0 Å². The molecular formula is C25H24FN5O3. The summed E-state index contributed by atoms with van der Waals surface area (Å²) in [6, 6.07) is 10.8. The van der Waals surface area contributed by atoms with Crippen molar-refractivity contribution >= 4 is 11.8 Å². The molecule has 0 aromatic heterocycles. The molecular weight excluding hydrogens is 437 g/mol. The Hall–Kier alpha value is -3.79. The number of fused-ring (bicyclic) bond motifs is 3. The molecule has 1 atom stereocenters. The van der Waals surface area contributed by atoms with Gasteiger partial charge in [0.1, 0.15) is 11.9 Å². The number of benzene rings is 2. The quantitative estimate of drug-likeness (QED) is 0.716. The number of nitrogens with zero attached hydrogens (tertiary/aromatic N) is 3. The standard InChI is InChI=1S/C25H24FN5O3/c1-31-14-17-8-15(12-27)2-3-19(17)20-11-22(26)16(10-21(20)23(31)32)9-18(13-28)30-24(33)25(29)4-6-34-7-5-25/h2-3,8,10-11,18H,4-7,9,14,29H2,1H3,(H,30,33)/t18-/m0/s1. The number of nitriles is 2. The van der Waals surface area contributed by atoms with Crippen LogP contribution >= 0.6 is 0 Å². The minimum Gasteiger partial charge on any atom is -0.381 e. The minimum atomic E-state index is -1.13. The number of ether oxygens (including phenoxy) is 1. The minimum absolute atomic E-state index is 0.120. The van der Waals surface area contributed by atoms with Gasteiger partial charge < -0.3 is 20.7 Å². The third-order valence-corrected chi connectivity index (χ3v) is 6.42. The molecule has 2 amide bonds. The summed E-state index contributed by atoms with van der Waals surface area (Å²) in [5, 5.41) is 21.4. The fourth-order valence-corrected chi connectivity index (χ4v) is 4.38. The first-order valence-electron chi connectivity index (χ1n) is 10.9. The number of hydrogen-bond donors (Lipinski definition) is 2. The van der Waals surface area contributed by atoms with E-state index in [2.05, 4.69) is 11.4 Å². The molecule has 8 nitrogen and oxygen atoms in total. The van der Waals surface area contributed by atoms with E-state index in [-0.39, 0.29) is 24.4 Å². The van der Waals surface area contributed by atoms with Gasteiger partial charge in [-0.3, -0.25) is 9.59 Å². The third kappa shape index (κ3) is 4.36. The number of nitrogens with two attached hydrogens (primary N) is 1. The predicted octanol–water partition coefficient (Wildman–Crippen LogP) is 2.01. The Morgan fingerprint density at radius 3 is 2.65 bits per heavy atom. The molecule has 4 rings (SSSR count). The molecule has 2 aromatic carbocycles. The van der Waals surface area contributed by atoms with Crippen molar-refractivity contribution in [3.05, 3.63) is 58.4 Å². The van der Waals surface area contributed by atoms with Crippen molar-refractivity contribution in [2.24, 2.45) is 5.73 Å². The van der Waals surface area contributed by atoms with Crippen LogP contribution in [-0.4, -0.2) is 48.6 Å². The second kappa shape index (κ2) is 9.22. The van der Waals surface area contributed by atoms with Crippen LogP contribution in [0.5, 0.6) is 0 Å². The van der Waals surface area contributed by atoms with Crippen molar-refractivity contribution in [3.8, 4) is 23.3 Å². The molecule has 0 saturated carbocycles. The highest BCUT2D eigenvalue weighted by Gasteiger charge is 2.37. The summed E-state index contributed by atoms with van der Waals surface area (Å²) in [4.78, 5) is 27.3.